The molecule has 0 saturated heterocycles. The van der Waals surface area contributed by atoms with E-state index in [4.69, 9.17) is 9.47 Å². The fourth-order valence-corrected chi connectivity index (χ4v) is 1.77. The first kappa shape index (κ1) is 13.7. The molecule has 2 amide bonds. The van der Waals surface area contributed by atoms with Crippen molar-refractivity contribution >= 4 is 17.4 Å². The standard InChI is InChI=1S/C15H16N2O3/c1-19-12-9-6-10-13(20-2)14(12)17-15(18)16-11-7-4-3-5-8-11/h3-10H,1-2H3,(H2,16,17,18). The quantitative estimate of drug-likeness (QED) is 0.897. The Morgan fingerprint density at radius 2 is 1.45 bits per heavy atom. The molecule has 0 unspecified atom stereocenters. The molecule has 0 aromatic heterocycles. The van der Waals surface area contributed by atoms with E-state index in [0.717, 1.165) is 0 Å². The Labute approximate surface area is 117 Å². The Bertz CT molecular complexity index is 563. The maximum absolute atomic E-state index is 12.0. The smallest absolute Gasteiger partial charge is 0.323 e. The van der Waals surface area contributed by atoms with Gasteiger partial charge in [-0.2, -0.15) is 0 Å². The molecule has 0 aliphatic rings. The van der Waals surface area contributed by atoms with E-state index < -0.39 is 0 Å². The first-order valence-corrected chi connectivity index (χ1v) is 6.08. The average molecular weight is 272 g/mol. The molecule has 104 valence electrons. The van der Waals surface area contributed by atoms with Gasteiger partial charge < -0.3 is 20.1 Å². The summed E-state index contributed by atoms with van der Waals surface area (Å²) in [5.74, 6) is 1.07. The zero-order valence-corrected chi connectivity index (χ0v) is 11.3. The van der Waals surface area contributed by atoms with Gasteiger partial charge in [-0.3, -0.25) is 0 Å². The third-order valence-electron chi connectivity index (χ3n) is 2.70. The number of para-hydroxylation sites is 2. The maximum atomic E-state index is 12.0. The maximum Gasteiger partial charge on any atom is 0.323 e. The number of carbonyl (C=O) groups is 1. The summed E-state index contributed by atoms with van der Waals surface area (Å²) in [6.45, 7) is 0. The summed E-state index contributed by atoms with van der Waals surface area (Å²) in [6.07, 6.45) is 0. The minimum atomic E-state index is -0.362. The number of rotatable bonds is 4. The zero-order chi connectivity index (χ0) is 14.4. The number of anilines is 2. The molecule has 0 atom stereocenters. The van der Waals surface area contributed by atoms with Crippen molar-refractivity contribution in [1.82, 2.24) is 0 Å². The number of benzene rings is 2. The van der Waals surface area contributed by atoms with Crippen LogP contribution in [0.2, 0.25) is 0 Å². The second-order valence-electron chi connectivity index (χ2n) is 3.98. The van der Waals surface area contributed by atoms with E-state index in [1.807, 2.05) is 18.2 Å². The van der Waals surface area contributed by atoms with E-state index in [1.54, 1.807) is 30.3 Å². The van der Waals surface area contributed by atoms with Crippen LogP contribution in [0, 0.1) is 0 Å². The summed E-state index contributed by atoms with van der Waals surface area (Å²) in [5, 5.41) is 5.46. The van der Waals surface area contributed by atoms with Crippen molar-refractivity contribution in [3.63, 3.8) is 0 Å². The van der Waals surface area contributed by atoms with E-state index in [1.165, 1.54) is 14.2 Å². The Morgan fingerprint density at radius 3 is 2.00 bits per heavy atom. The Kier molecular flexibility index (Phi) is 4.44. The number of hydrogen-bond donors (Lipinski definition) is 2. The van der Waals surface area contributed by atoms with E-state index in [9.17, 15) is 4.79 Å². The highest BCUT2D eigenvalue weighted by molar-refractivity contribution is 6.01. The lowest BCUT2D eigenvalue weighted by molar-refractivity contribution is 0.262. The molecular weight excluding hydrogens is 256 g/mol. The van der Waals surface area contributed by atoms with Gasteiger partial charge in [-0.05, 0) is 24.3 Å². The minimum absolute atomic E-state index is 0.362. The van der Waals surface area contributed by atoms with Gasteiger partial charge >= 0.3 is 6.03 Å². The van der Waals surface area contributed by atoms with Gasteiger partial charge in [0.1, 0.15) is 17.2 Å². The van der Waals surface area contributed by atoms with Crippen molar-refractivity contribution in [2.24, 2.45) is 0 Å². The molecule has 0 spiro atoms. The summed E-state index contributed by atoms with van der Waals surface area (Å²) >= 11 is 0. The van der Waals surface area contributed by atoms with Gasteiger partial charge in [0.05, 0.1) is 14.2 Å². The number of methoxy groups -OCH3 is 2. The van der Waals surface area contributed by atoms with Crippen molar-refractivity contribution in [1.29, 1.82) is 0 Å². The lowest BCUT2D eigenvalue weighted by Crippen LogP contribution is -2.20. The Morgan fingerprint density at radius 1 is 0.850 bits per heavy atom. The van der Waals surface area contributed by atoms with Crippen molar-refractivity contribution in [3.8, 4) is 11.5 Å². The molecule has 0 bridgehead atoms. The average Bonchev–Trinajstić information content (AvgIpc) is 2.48. The van der Waals surface area contributed by atoms with Gasteiger partial charge in [0, 0.05) is 5.69 Å². The first-order valence-electron chi connectivity index (χ1n) is 6.08. The Hall–Kier alpha value is -2.69. The number of amides is 2. The Balaban J connectivity index is 2.15. The normalized spacial score (nSPS) is 9.70. The number of ether oxygens (including phenoxy) is 2. The first-order chi connectivity index (χ1) is 9.74. The molecule has 0 saturated carbocycles. The van der Waals surface area contributed by atoms with Crippen LogP contribution in [0.15, 0.2) is 48.5 Å². The van der Waals surface area contributed by atoms with Gasteiger partial charge in [0.15, 0.2) is 0 Å². The van der Waals surface area contributed by atoms with Crippen LogP contribution in [0.4, 0.5) is 16.2 Å². The summed E-state index contributed by atoms with van der Waals surface area (Å²) in [4.78, 5) is 12.0. The van der Waals surface area contributed by atoms with Crippen molar-refractivity contribution < 1.29 is 14.3 Å². The van der Waals surface area contributed by atoms with Crippen LogP contribution >= 0.6 is 0 Å². The van der Waals surface area contributed by atoms with Crippen LogP contribution in [0.1, 0.15) is 0 Å². The van der Waals surface area contributed by atoms with Gasteiger partial charge in [-0.25, -0.2) is 4.79 Å². The molecule has 0 aliphatic carbocycles. The largest absolute Gasteiger partial charge is 0.494 e. The SMILES string of the molecule is COc1cccc(OC)c1NC(=O)Nc1ccccc1. The molecule has 2 aromatic rings. The predicted molar refractivity (Wildman–Crippen MR) is 78.6 cm³/mol. The van der Waals surface area contributed by atoms with Crippen LogP contribution in [0.5, 0.6) is 11.5 Å². The molecule has 0 fully saturated rings. The number of nitrogens with one attached hydrogen (secondary N) is 2. The third-order valence-corrected chi connectivity index (χ3v) is 2.70. The second-order valence-corrected chi connectivity index (χ2v) is 3.98. The van der Waals surface area contributed by atoms with Crippen LogP contribution in [-0.2, 0) is 0 Å². The topological polar surface area (TPSA) is 59.6 Å². The van der Waals surface area contributed by atoms with Crippen LogP contribution in [0.3, 0.4) is 0 Å². The van der Waals surface area contributed by atoms with E-state index >= 15 is 0 Å². The minimum Gasteiger partial charge on any atom is -0.494 e. The molecule has 2 N–H and O–H groups in total. The lowest BCUT2D eigenvalue weighted by Gasteiger charge is -2.14. The highest BCUT2D eigenvalue weighted by Gasteiger charge is 2.12. The molecule has 20 heavy (non-hydrogen) atoms. The summed E-state index contributed by atoms with van der Waals surface area (Å²) in [7, 11) is 3.07. The molecule has 5 nitrogen and oxygen atoms in total. The van der Waals surface area contributed by atoms with Crippen LogP contribution < -0.4 is 20.1 Å². The molecule has 0 heterocycles. The highest BCUT2D eigenvalue weighted by atomic mass is 16.5. The highest BCUT2D eigenvalue weighted by Crippen LogP contribution is 2.34. The summed E-state index contributed by atoms with van der Waals surface area (Å²) in [5.41, 5.74) is 1.20. The predicted octanol–water partition coefficient (Wildman–Crippen LogP) is 3.35. The third kappa shape index (κ3) is 3.20. The second kappa shape index (κ2) is 6.47. The number of carbonyl (C=O) groups excluding carboxylic acids is 1. The fourth-order valence-electron chi connectivity index (χ4n) is 1.77. The summed E-state index contributed by atoms with van der Waals surface area (Å²) in [6, 6.07) is 14.1. The summed E-state index contributed by atoms with van der Waals surface area (Å²) < 4.78 is 10.4. The fraction of sp³-hybridized carbons (Fsp3) is 0.133. The van der Waals surface area contributed by atoms with Crippen LogP contribution in [-0.4, -0.2) is 20.3 Å². The van der Waals surface area contributed by atoms with Gasteiger partial charge in [-0.1, -0.05) is 24.3 Å². The molecular formula is C15H16N2O3. The van der Waals surface area contributed by atoms with E-state index in [0.29, 0.717) is 22.9 Å². The molecule has 2 aromatic carbocycles. The van der Waals surface area contributed by atoms with Crippen molar-refractivity contribution in [2.75, 3.05) is 24.9 Å². The zero-order valence-electron chi connectivity index (χ0n) is 11.3. The van der Waals surface area contributed by atoms with Crippen LogP contribution in [0.25, 0.3) is 0 Å². The molecule has 2 rings (SSSR count). The number of hydrogen-bond acceptors (Lipinski definition) is 3. The molecule has 0 aliphatic heterocycles. The van der Waals surface area contributed by atoms with Gasteiger partial charge in [0.2, 0.25) is 0 Å². The van der Waals surface area contributed by atoms with Crippen molar-refractivity contribution in [3.05, 3.63) is 48.5 Å². The van der Waals surface area contributed by atoms with E-state index in [-0.39, 0.29) is 6.03 Å². The lowest BCUT2D eigenvalue weighted by atomic mass is 10.2. The molecule has 0 radical (unpaired) electrons. The van der Waals surface area contributed by atoms with Crippen molar-refractivity contribution in [2.45, 2.75) is 0 Å². The molecule has 5 heteroatoms. The van der Waals surface area contributed by atoms with E-state index in [2.05, 4.69) is 10.6 Å². The van der Waals surface area contributed by atoms with Gasteiger partial charge in [-0.15, -0.1) is 0 Å². The van der Waals surface area contributed by atoms with Gasteiger partial charge in [0.25, 0.3) is 0 Å². The monoisotopic (exact) mass is 272 g/mol. The number of urea groups is 1.